The van der Waals surface area contributed by atoms with Crippen molar-refractivity contribution in [3.8, 4) is 0 Å². The van der Waals surface area contributed by atoms with Gasteiger partial charge >= 0.3 is 0 Å². The molecule has 2 heterocycles. The van der Waals surface area contributed by atoms with Gasteiger partial charge in [-0.1, -0.05) is 5.16 Å². The van der Waals surface area contributed by atoms with E-state index >= 15 is 0 Å². The van der Waals surface area contributed by atoms with Crippen LogP contribution in [0.3, 0.4) is 0 Å². The fraction of sp³-hybridized carbons (Fsp3) is 0.333. The lowest BCUT2D eigenvalue weighted by Crippen LogP contribution is -2.26. The van der Waals surface area contributed by atoms with E-state index in [4.69, 9.17) is 4.52 Å². The molecule has 2 aromatic rings. The predicted molar refractivity (Wildman–Crippen MR) is 53.4 cm³/mol. The van der Waals surface area contributed by atoms with Crippen LogP contribution in [0.1, 0.15) is 22.1 Å². The van der Waals surface area contributed by atoms with E-state index in [1.807, 2.05) is 0 Å². The van der Waals surface area contributed by atoms with Crippen LogP contribution in [0, 0.1) is 6.92 Å². The SMILES string of the molecule is Cc1nc(CN(C)C(=O)c2cn[nH]c2)no1. The maximum absolute atomic E-state index is 11.8. The van der Waals surface area contributed by atoms with E-state index in [0.717, 1.165) is 0 Å². The minimum Gasteiger partial charge on any atom is -0.340 e. The van der Waals surface area contributed by atoms with Gasteiger partial charge in [0.2, 0.25) is 5.89 Å². The highest BCUT2D eigenvalue weighted by atomic mass is 16.5. The zero-order valence-electron chi connectivity index (χ0n) is 8.97. The number of rotatable bonds is 3. The van der Waals surface area contributed by atoms with Crippen LogP contribution in [0.25, 0.3) is 0 Å². The zero-order valence-corrected chi connectivity index (χ0v) is 8.97. The van der Waals surface area contributed by atoms with Gasteiger partial charge in [0.1, 0.15) is 0 Å². The summed E-state index contributed by atoms with van der Waals surface area (Å²) in [6.07, 6.45) is 3.01. The molecule has 0 saturated carbocycles. The number of aromatic nitrogens is 4. The molecular weight excluding hydrogens is 210 g/mol. The van der Waals surface area contributed by atoms with Gasteiger partial charge in [-0.2, -0.15) is 10.1 Å². The average Bonchev–Trinajstić information content (AvgIpc) is 2.88. The molecule has 0 bridgehead atoms. The quantitative estimate of drug-likeness (QED) is 0.809. The second-order valence-corrected chi connectivity index (χ2v) is 3.38. The molecular formula is C9H11N5O2. The Labute approximate surface area is 91.5 Å². The van der Waals surface area contributed by atoms with E-state index in [2.05, 4.69) is 20.3 Å². The van der Waals surface area contributed by atoms with Crippen molar-refractivity contribution in [2.75, 3.05) is 7.05 Å². The fourth-order valence-corrected chi connectivity index (χ4v) is 1.28. The summed E-state index contributed by atoms with van der Waals surface area (Å²) in [6.45, 7) is 2.01. The number of carbonyl (C=O) groups excluding carboxylic acids is 1. The Morgan fingerprint density at radius 2 is 2.44 bits per heavy atom. The van der Waals surface area contributed by atoms with Gasteiger partial charge in [0, 0.05) is 20.2 Å². The van der Waals surface area contributed by atoms with Crippen LogP contribution < -0.4 is 0 Å². The predicted octanol–water partition coefficient (Wildman–Crippen LogP) is 0.373. The number of hydrogen-bond acceptors (Lipinski definition) is 5. The lowest BCUT2D eigenvalue weighted by atomic mass is 10.3. The summed E-state index contributed by atoms with van der Waals surface area (Å²) in [4.78, 5) is 17.3. The number of carbonyl (C=O) groups is 1. The monoisotopic (exact) mass is 221 g/mol. The van der Waals surface area contributed by atoms with Crippen LogP contribution in [-0.4, -0.2) is 38.2 Å². The second-order valence-electron chi connectivity index (χ2n) is 3.38. The first-order valence-electron chi connectivity index (χ1n) is 4.70. The number of hydrogen-bond donors (Lipinski definition) is 1. The summed E-state index contributed by atoms with van der Waals surface area (Å²) in [7, 11) is 1.67. The highest BCUT2D eigenvalue weighted by molar-refractivity contribution is 5.93. The largest absolute Gasteiger partial charge is 0.340 e. The number of H-pyrrole nitrogens is 1. The van der Waals surface area contributed by atoms with Gasteiger partial charge in [0.05, 0.1) is 18.3 Å². The molecule has 0 saturated heterocycles. The van der Waals surface area contributed by atoms with Crippen LogP contribution in [0.5, 0.6) is 0 Å². The molecule has 2 aromatic heterocycles. The van der Waals surface area contributed by atoms with Gasteiger partial charge in [-0.05, 0) is 0 Å². The highest BCUT2D eigenvalue weighted by Gasteiger charge is 2.15. The molecule has 0 atom stereocenters. The molecule has 0 aliphatic carbocycles. The summed E-state index contributed by atoms with van der Waals surface area (Å²) >= 11 is 0. The summed E-state index contributed by atoms with van der Waals surface area (Å²) in [5, 5.41) is 10.0. The van der Waals surface area contributed by atoms with E-state index < -0.39 is 0 Å². The summed E-state index contributed by atoms with van der Waals surface area (Å²) in [5.41, 5.74) is 0.503. The van der Waals surface area contributed by atoms with Gasteiger partial charge in [-0.15, -0.1) is 0 Å². The molecule has 1 N–H and O–H groups in total. The molecule has 0 aromatic carbocycles. The molecule has 0 spiro atoms. The van der Waals surface area contributed by atoms with Crippen molar-refractivity contribution in [3.63, 3.8) is 0 Å². The lowest BCUT2D eigenvalue weighted by Gasteiger charge is -2.13. The molecule has 2 rings (SSSR count). The number of aryl methyl sites for hydroxylation is 1. The Morgan fingerprint density at radius 3 is 3.00 bits per heavy atom. The van der Waals surface area contributed by atoms with Gasteiger partial charge in [-0.3, -0.25) is 9.89 Å². The van der Waals surface area contributed by atoms with E-state index in [1.54, 1.807) is 20.2 Å². The molecule has 0 aliphatic rings. The Balaban J connectivity index is 2.03. The van der Waals surface area contributed by atoms with Crippen LogP contribution in [0.2, 0.25) is 0 Å². The number of amides is 1. The van der Waals surface area contributed by atoms with Crippen LogP contribution in [-0.2, 0) is 6.54 Å². The number of aromatic amines is 1. The van der Waals surface area contributed by atoms with Crippen LogP contribution in [0.15, 0.2) is 16.9 Å². The Hall–Kier alpha value is -2.18. The first-order valence-corrected chi connectivity index (χ1v) is 4.70. The van der Waals surface area contributed by atoms with Gasteiger partial charge in [-0.25, -0.2) is 0 Å². The van der Waals surface area contributed by atoms with Crippen molar-refractivity contribution in [1.29, 1.82) is 0 Å². The standard InChI is InChI=1S/C9H11N5O2/c1-6-12-8(13-16-6)5-14(2)9(15)7-3-10-11-4-7/h3-4H,5H2,1-2H3,(H,10,11). The van der Waals surface area contributed by atoms with Gasteiger partial charge in [0.15, 0.2) is 5.82 Å². The molecule has 16 heavy (non-hydrogen) atoms. The summed E-state index contributed by atoms with van der Waals surface area (Å²) < 4.78 is 4.82. The first kappa shape index (κ1) is 10.3. The van der Waals surface area contributed by atoms with Crippen LogP contribution >= 0.6 is 0 Å². The van der Waals surface area contributed by atoms with Crippen molar-refractivity contribution in [3.05, 3.63) is 29.7 Å². The maximum atomic E-state index is 11.8. The molecule has 7 heteroatoms. The second kappa shape index (κ2) is 4.13. The number of nitrogens with one attached hydrogen (secondary N) is 1. The number of nitrogens with zero attached hydrogens (tertiary/aromatic N) is 4. The minimum atomic E-state index is -0.142. The van der Waals surface area contributed by atoms with Gasteiger partial charge < -0.3 is 9.42 Å². The fourth-order valence-electron chi connectivity index (χ4n) is 1.28. The van der Waals surface area contributed by atoms with E-state index in [0.29, 0.717) is 23.8 Å². The zero-order chi connectivity index (χ0) is 11.5. The third-order valence-corrected chi connectivity index (χ3v) is 2.04. The minimum absolute atomic E-state index is 0.142. The Morgan fingerprint density at radius 1 is 1.62 bits per heavy atom. The molecule has 0 unspecified atom stereocenters. The molecule has 0 radical (unpaired) electrons. The Kier molecular flexibility index (Phi) is 2.67. The Bertz CT molecular complexity index is 476. The van der Waals surface area contributed by atoms with Crippen molar-refractivity contribution in [2.24, 2.45) is 0 Å². The van der Waals surface area contributed by atoms with Crippen molar-refractivity contribution >= 4 is 5.91 Å². The van der Waals surface area contributed by atoms with Crippen molar-refractivity contribution < 1.29 is 9.32 Å². The van der Waals surface area contributed by atoms with E-state index in [9.17, 15) is 4.79 Å². The van der Waals surface area contributed by atoms with E-state index in [1.165, 1.54) is 11.1 Å². The summed E-state index contributed by atoms with van der Waals surface area (Å²) in [5.74, 6) is 0.826. The third kappa shape index (κ3) is 2.08. The van der Waals surface area contributed by atoms with Crippen molar-refractivity contribution in [1.82, 2.24) is 25.2 Å². The topological polar surface area (TPSA) is 87.9 Å². The third-order valence-electron chi connectivity index (χ3n) is 2.04. The molecule has 1 amide bonds. The van der Waals surface area contributed by atoms with Gasteiger partial charge in [0.25, 0.3) is 5.91 Å². The molecule has 7 nitrogen and oxygen atoms in total. The van der Waals surface area contributed by atoms with Crippen molar-refractivity contribution in [2.45, 2.75) is 13.5 Å². The lowest BCUT2D eigenvalue weighted by molar-refractivity contribution is 0.0780. The maximum Gasteiger partial charge on any atom is 0.257 e. The van der Waals surface area contributed by atoms with Crippen LogP contribution in [0.4, 0.5) is 0 Å². The smallest absolute Gasteiger partial charge is 0.257 e. The molecule has 84 valence electrons. The normalized spacial score (nSPS) is 10.4. The highest BCUT2D eigenvalue weighted by Crippen LogP contribution is 2.04. The summed E-state index contributed by atoms with van der Waals surface area (Å²) in [6, 6.07) is 0. The van der Waals surface area contributed by atoms with E-state index in [-0.39, 0.29) is 5.91 Å². The molecule has 0 aliphatic heterocycles. The molecule has 0 fully saturated rings. The average molecular weight is 221 g/mol. The first-order chi connectivity index (χ1) is 7.66.